The maximum absolute atomic E-state index is 11.7. The highest BCUT2D eigenvalue weighted by Gasteiger charge is 2.03. The van der Waals surface area contributed by atoms with Gasteiger partial charge in [0.15, 0.2) is 0 Å². The van der Waals surface area contributed by atoms with E-state index in [0.29, 0.717) is 30.4 Å². The Morgan fingerprint density at radius 3 is 2.80 bits per heavy atom. The van der Waals surface area contributed by atoms with Crippen molar-refractivity contribution in [3.05, 3.63) is 42.5 Å². The molecule has 2 aromatic heterocycles. The van der Waals surface area contributed by atoms with Crippen molar-refractivity contribution in [1.29, 1.82) is 0 Å². The molecule has 2 heterocycles. The molecular formula is C13H15N5O2. The van der Waals surface area contributed by atoms with Crippen molar-refractivity contribution < 1.29 is 9.53 Å². The van der Waals surface area contributed by atoms with Crippen molar-refractivity contribution in [3.8, 4) is 5.88 Å². The monoisotopic (exact) mass is 273 g/mol. The van der Waals surface area contributed by atoms with E-state index in [1.165, 1.54) is 6.33 Å². The molecule has 0 radical (unpaired) electrons. The summed E-state index contributed by atoms with van der Waals surface area (Å²) in [6.07, 6.45) is 4.58. The molecular weight excluding hydrogens is 258 g/mol. The summed E-state index contributed by atoms with van der Waals surface area (Å²) in [5.74, 6) is 1.01. The molecule has 104 valence electrons. The third-order valence-electron chi connectivity index (χ3n) is 2.51. The Kier molecular flexibility index (Phi) is 4.82. The van der Waals surface area contributed by atoms with Crippen LogP contribution in [0.1, 0.15) is 10.4 Å². The lowest BCUT2D eigenvalue weighted by molar-refractivity contribution is 0.0955. The van der Waals surface area contributed by atoms with Crippen LogP contribution in [0, 0.1) is 0 Å². The topological polar surface area (TPSA) is 89.0 Å². The molecule has 0 bridgehead atoms. The van der Waals surface area contributed by atoms with E-state index in [2.05, 4.69) is 25.6 Å². The SMILES string of the molecule is COc1cc(NCCNC(=O)c2ccncc2)ncn1. The first kappa shape index (κ1) is 13.7. The molecule has 0 aliphatic heterocycles. The minimum Gasteiger partial charge on any atom is -0.481 e. The van der Waals surface area contributed by atoms with Gasteiger partial charge in [-0.05, 0) is 12.1 Å². The Morgan fingerprint density at radius 2 is 2.05 bits per heavy atom. The zero-order valence-electron chi connectivity index (χ0n) is 11.0. The molecule has 2 rings (SSSR count). The summed E-state index contributed by atoms with van der Waals surface area (Å²) in [5.41, 5.74) is 0.587. The number of nitrogens with one attached hydrogen (secondary N) is 2. The maximum atomic E-state index is 11.7. The summed E-state index contributed by atoms with van der Waals surface area (Å²) >= 11 is 0. The van der Waals surface area contributed by atoms with E-state index in [1.54, 1.807) is 37.7 Å². The lowest BCUT2D eigenvalue weighted by Gasteiger charge is -2.07. The summed E-state index contributed by atoms with van der Waals surface area (Å²) < 4.78 is 4.99. The Bertz CT molecular complexity index is 562. The van der Waals surface area contributed by atoms with Gasteiger partial charge >= 0.3 is 0 Å². The number of hydrogen-bond donors (Lipinski definition) is 2. The summed E-state index contributed by atoms with van der Waals surface area (Å²) in [6.45, 7) is 1.03. The predicted octanol–water partition coefficient (Wildman–Crippen LogP) is 0.722. The minimum absolute atomic E-state index is 0.130. The average Bonchev–Trinajstić information content (AvgIpc) is 2.52. The van der Waals surface area contributed by atoms with Crippen molar-refractivity contribution in [2.75, 3.05) is 25.5 Å². The highest BCUT2D eigenvalue weighted by molar-refractivity contribution is 5.93. The largest absolute Gasteiger partial charge is 0.481 e. The second-order valence-corrected chi connectivity index (χ2v) is 3.86. The van der Waals surface area contributed by atoms with Crippen LogP contribution in [0.15, 0.2) is 36.9 Å². The van der Waals surface area contributed by atoms with E-state index >= 15 is 0 Å². The molecule has 20 heavy (non-hydrogen) atoms. The number of nitrogens with zero attached hydrogens (tertiary/aromatic N) is 3. The second kappa shape index (κ2) is 7.03. The Hall–Kier alpha value is -2.70. The van der Waals surface area contributed by atoms with E-state index in [-0.39, 0.29) is 5.91 Å². The smallest absolute Gasteiger partial charge is 0.251 e. The first-order valence-corrected chi connectivity index (χ1v) is 6.07. The first-order valence-electron chi connectivity index (χ1n) is 6.07. The van der Waals surface area contributed by atoms with E-state index in [1.807, 2.05) is 0 Å². The Morgan fingerprint density at radius 1 is 1.25 bits per heavy atom. The van der Waals surface area contributed by atoms with Gasteiger partial charge in [0.1, 0.15) is 12.1 Å². The lowest BCUT2D eigenvalue weighted by Crippen LogP contribution is -2.28. The minimum atomic E-state index is -0.130. The molecule has 7 nitrogen and oxygen atoms in total. The highest BCUT2D eigenvalue weighted by Crippen LogP contribution is 2.09. The molecule has 0 aliphatic rings. The summed E-state index contributed by atoms with van der Waals surface area (Å²) in [6, 6.07) is 5.01. The molecule has 2 N–H and O–H groups in total. The Balaban J connectivity index is 1.75. The van der Waals surface area contributed by atoms with Gasteiger partial charge in [0.2, 0.25) is 5.88 Å². The summed E-state index contributed by atoms with van der Waals surface area (Å²) in [7, 11) is 1.54. The lowest BCUT2D eigenvalue weighted by atomic mass is 10.2. The number of carbonyl (C=O) groups is 1. The number of aromatic nitrogens is 3. The van der Waals surface area contributed by atoms with E-state index in [9.17, 15) is 4.79 Å². The average molecular weight is 273 g/mol. The number of carbonyl (C=O) groups excluding carboxylic acids is 1. The van der Waals surface area contributed by atoms with Crippen molar-refractivity contribution in [2.45, 2.75) is 0 Å². The van der Waals surface area contributed by atoms with Crippen LogP contribution >= 0.6 is 0 Å². The maximum Gasteiger partial charge on any atom is 0.251 e. The third kappa shape index (κ3) is 3.91. The molecule has 0 fully saturated rings. The van der Waals surface area contributed by atoms with Gasteiger partial charge in [-0.1, -0.05) is 0 Å². The molecule has 7 heteroatoms. The third-order valence-corrected chi connectivity index (χ3v) is 2.51. The van der Waals surface area contributed by atoms with Crippen LogP contribution in [0.25, 0.3) is 0 Å². The second-order valence-electron chi connectivity index (χ2n) is 3.86. The fraction of sp³-hybridized carbons (Fsp3) is 0.231. The number of pyridine rings is 1. The summed E-state index contributed by atoms with van der Waals surface area (Å²) in [4.78, 5) is 23.5. The van der Waals surface area contributed by atoms with Crippen LogP contribution in [-0.4, -0.2) is 41.1 Å². The molecule has 0 aromatic carbocycles. The van der Waals surface area contributed by atoms with E-state index < -0.39 is 0 Å². The van der Waals surface area contributed by atoms with Gasteiger partial charge < -0.3 is 15.4 Å². The van der Waals surface area contributed by atoms with Crippen molar-refractivity contribution in [3.63, 3.8) is 0 Å². The van der Waals surface area contributed by atoms with Crippen molar-refractivity contribution in [1.82, 2.24) is 20.3 Å². The molecule has 1 amide bonds. The van der Waals surface area contributed by atoms with E-state index in [4.69, 9.17) is 4.74 Å². The van der Waals surface area contributed by atoms with Crippen LogP contribution in [-0.2, 0) is 0 Å². The normalized spacial score (nSPS) is 9.85. The highest BCUT2D eigenvalue weighted by atomic mass is 16.5. The van der Waals surface area contributed by atoms with Gasteiger partial charge in [-0.2, -0.15) is 0 Å². The van der Waals surface area contributed by atoms with Crippen LogP contribution in [0.4, 0.5) is 5.82 Å². The number of amides is 1. The van der Waals surface area contributed by atoms with Crippen LogP contribution in [0.3, 0.4) is 0 Å². The van der Waals surface area contributed by atoms with Crippen molar-refractivity contribution >= 4 is 11.7 Å². The Labute approximate surface area is 116 Å². The number of rotatable bonds is 6. The molecule has 0 saturated carbocycles. The fourth-order valence-electron chi connectivity index (χ4n) is 1.52. The quantitative estimate of drug-likeness (QED) is 0.754. The number of hydrogen-bond acceptors (Lipinski definition) is 6. The van der Waals surface area contributed by atoms with Crippen LogP contribution < -0.4 is 15.4 Å². The van der Waals surface area contributed by atoms with Gasteiger partial charge in [0.05, 0.1) is 7.11 Å². The molecule has 0 saturated heterocycles. The van der Waals surface area contributed by atoms with Gasteiger partial charge in [0.25, 0.3) is 5.91 Å². The fourth-order valence-corrected chi connectivity index (χ4v) is 1.52. The predicted molar refractivity (Wildman–Crippen MR) is 73.6 cm³/mol. The molecule has 0 aliphatic carbocycles. The van der Waals surface area contributed by atoms with Crippen molar-refractivity contribution in [2.24, 2.45) is 0 Å². The first-order chi connectivity index (χ1) is 9.79. The number of methoxy groups -OCH3 is 1. The molecule has 2 aromatic rings. The number of ether oxygens (including phenoxy) is 1. The molecule has 0 spiro atoms. The molecule has 0 unspecified atom stereocenters. The standard InChI is InChI=1S/C13H15N5O2/c1-20-12-8-11(17-9-18-12)15-6-7-16-13(19)10-2-4-14-5-3-10/h2-5,8-9H,6-7H2,1H3,(H,16,19)(H,15,17,18). The van der Waals surface area contributed by atoms with Gasteiger partial charge in [-0.3, -0.25) is 9.78 Å². The van der Waals surface area contributed by atoms with Crippen LogP contribution in [0.5, 0.6) is 5.88 Å². The number of anilines is 1. The van der Waals surface area contributed by atoms with Gasteiger partial charge in [0, 0.05) is 37.1 Å². The van der Waals surface area contributed by atoms with Gasteiger partial charge in [-0.25, -0.2) is 9.97 Å². The zero-order chi connectivity index (χ0) is 14.2. The molecule has 0 atom stereocenters. The summed E-state index contributed by atoms with van der Waals surface area (Å²) in [5, 5.41) is 5.86. The van der Waals surface area contributed by atoms with Gasteiger partial charge in [-0.15, -0.1) is 0 Å². The van der Waals surface area contributed by atoms with Crippen LogP contribution in [0.2, 0.25) is 0 Å². The van der Waals surface area contributed by atoms with E-state index in [0.717, 1.165) is 0 Å². The zero-order valence-corrected chi connectivity index (χ0v) is 11.0.